The minimum absolute atomic E-state index is 0.260. The molecule has 1 aliphatic heterocycles. The highest BCUT2D eigenvalue weighted by Gasteiger charge is 2.43. The van der Waals surface area contributed by atoms with Crippen LogP contribution in [0.2, 0.25) is 5.02 Å². The fraction of sp³-hybridized carbons (Fsp3) is 0.609. The molecule has 2 unspecified atom stereocenters. The number of carbonyl (C=O) groups excluding carboxylic acids is 2. The smallest absolute Gasteiger partial charge is 0.321 e. The zero-order valence-electron chi connectivity index (χ0n) is 18.0. The summed E-state index contributed by atoms with van der Waals surface area (Å²) in [6, 6.07) is 7.42. The van der Waals surface area contributed by atoms with Crippen LogP contribution < -0.4 is 0 Å². The van der Waals surface area contributed by atoms with E-state index in [0.29, 0.717) is 37.4 Å². The number of esters is 1. The number of halogens is 1. The normalized spacial score (nSPS) is 16.6. The monoisotopic (exact) mass is 437 g/mol. The molecule has 0 aliphatic carbocycles. The molecule has 0 aromatic heterocycles. The average molecular weight is 438 g/mol. The van der Waals surface area contributed by atoms with Gasteiger partial charge in [-0.3, -0.25) is 14.4 Å². The number of hydrogen-bond donors (Lipinski definition) is 1. The van der Waals surface area contributed by atoms with E-state index in [1.54, 1.807) is 37.8 Å². The van der Waals surface area contributed by atoms with Gasteiger partial charge in [0.15, 0.2) is 5.92 Å². The number of carboxylic acid groups (broad SMARTS) is 1. The first-order valence-electron chi connectivity index (χ1n) is 10.6. The summed E-state index contributed by atoms with van der Waals surface area (Å²) < 4.78 is 5.35. The molecule has 30 heavy (non-hydrogen) atoms. The fourth-order valence-electron chi connectivity index (χ4n) is 3.76. The van der Waals surface area contributed by atoms with Gasteiger partial charge in [0.05, 0.1) is 5.92 Å². The average Bonchev–Trinajstić information content (AvgIpc) is 2.67. The molecule has 0 saturated carbocycles. The summed E-state index contributed by atoms with van der Waals surface area (Å²) in [5, 5.41) is 10.5. The first-order chi connectivity index (χ1) is 14.1. The fourth-order valence-corrected chi connectivity index (χ4v) is 3.89. The topological polar surface area (TPSA) is 83.9 Å². The van der Waals surface area contributed by atoms with Gasteiger partial charge in [-0.25, -0.2) is 0 Å². The van der Waals surface area contributed by atoms with Crippen molar-refractivity contribution in [3.63, 3.8) is 0 Å². The van der Waals surface area contributed by atoms with Crippen molar-refractivity contribution in [1.29, 1.82) is 0 Å². The largest absolute Gasteiger partial charge is 0.481 e. The van der Waals surface area contributed by atoms with E-state index in [4.69, 9.17) is 16.3 Å². The number of benzene rings is 1. The molecule has 1 amide bonds. The second kappa shape index (κ2) is 10.8. The van der Waals surface area contributed by atoms with Gasteiger partial charge in [-0.1, -0.05) is 23.7 Å². The molecule has 1 saturated heterocycles. The molecule has 166 valence electrons. The predicted molar refractivity (Wildman–Crippen MR) is 115 cm³/mol. The van der Waals surface area contributed by atoms with Gasteiger partial charge in [0, 0.05) is 18.1 Å². The van der Waals surface area contributed by atoms with Crippen LogP contribution in [0.4, 0.5) is 0 Å². The number of aryl methyl sites for hydroxylation is 1. The van der Waals surface area contributed by atoms with Crippen molar-refractivity contribution in [3.8, 4) is 0 Å². The molecule has 0 spiro atoms. The molecule has 2 atom stereocenters. The standard InChI is InChI=1S/C23H32ClNO5/c1-23(2,3)30-22(29)19(21(27)28)18(20(26)25-14-5-4-6-15-25)9-7-8-16-10-12-17(24)13-11-16/h10-13,18-19H,4-9,14-15H2,1-3H3,(H,27,28). The van der Waals surface area contributed by atoms with E-state index in [2.05, 4.69) is 0 Å². The Kier molecular flexibility index (Phi) is 8.71. The van der Waals surface area contributed by atoms with Gasteiger partial charge < -0.3 is 14.7 Å². The minimum atomic E-state index is -1.51. The lowest BCUT2D eigenvalue weighted by Gasteiger charge is -2.33. The van der Waals surface area contributed by atoms with E-state index in [9.17, 15) is 19.5 Å². The van der Waals surface area contributed by atoms with Crippen LogP contribution in [0.25, 0.3) is 0 Å². The number of likely N-dealkylation sites (tertiary alicyclic amines) is 1. The van der Waals surface area contributed by atoms with Gasteiger partial charge in [-0.15, -0.1) is 0 Å². The molecule has 7 heteroatoms. The van der Waals surface area contributed by atoms with E-state index in [1.165, 1.54) is 0 Å². The molecule has 1 N–H and O–H groups in total. The summed E-state index contributed by atoms with van der Waals surface area (Å²) in [5.74, 6) is -4.88. The molecule has 1 fully saturated rings. The summed E-state index contributed by atoms with van der Waals surface area (Å²) in [5.41, 5.74) is 0.222. The molecule has 1 heterocycles. The van der Waals surface area contributed by atoms with Crippen molar-refractivity contribution in [2.24, 2.45) is 11.8 Å². The molecule has 0 radical (unpaired) electrons. The number of ether oxygens (including phenoxy) is 1. The number of hydrogen-bond acceptors (Lipinski definition) is 4. The quantitative estimate of drug-likeness (QED) is 0.483. The Morgan fingerprint density at radius 1 is 1.10 bits per heavy atom. The Hall–Kier alpha value is -2.08. The van der Waals surface area contributed by atoms with Crippen LogP contribution in [-0.2, 0) is 25.5 Å². The molecule has 1 aromatic rings. The van der Waals surface area contributed by atoms with Crippen LogP contribution in [-0.4, -0.2) is 46.5 Å². The van der Waals surface area contributed by atoms with Crippen LogP contribution in [0.1, 0.15) is 58.4 Å². The van der Waals surface area contributed by atoms with Crippen LogP contribution >= 0.6 is 11.6 Å². The highest BCUT2D eigenvalue weighted by molar-refractivity contribution is 6.30. The van der Waals surface area contributed by atoms with Gasteiger partial charge in [0.1, 0.15) is 5.60 Å². The maximum absolute atomic E-state index is 13.2. The van der Waals surface area contributed by atoms with Crippen molar-refractivity contribution < 1.29 is 24.2 Å². The second-order valence-corrected chi connectivity index (χ2v) is 9.30. The maximum atomic E-state index is 13.2. The van der Waals surface area contributed by atoms with Crippen molar-refractivity contribution in [2.45, 2.75) is 64.9 Å². The molecular weight excluding hydrogens is 406 g/mol. The molecule has 1 aromatic carbocycles. The molecule has 6 nitrogen and oxygen atoms in total. The summed E-state index contributed by atoms with van der Waals surface area (Å²) in [6.45, 7) is 6.27. The number of rotatable bonds is 8. The second-order valence-electron chi connectivity index (χ2n) is 8.86. The van der Waals surface area contributed by atoms with Crippen molar-refractivity contribution in [1.82, 2.24) is 4.90 Å². The number of nitrogens with zero attached hydrogens (tertiary/aromatic N) is 1. The third kappa shape index (κ3) is 7.31. The third-order valence-electron chi connectivity index (χ3n) is 5.21. The molecule has 0 bridgehead atoms. The Balaban J connectivity index is 2.18. The van der Waals surface area contributed by atoms with Crippen LogP contribution in [0.15, 0.2) is 24.3 Å². The van der Waals surface area contributed by atoms with Crippen LogP contribution in [0, 0.1) is 11.8 Å². The van der Waals surface area contributed by atoms with E-state index >= 15 is 0 Å². The van der Waals surface area contributed by atoms with Crippen molar-refractivity contribution in [2.75, 3.05) is 13.1 Å². The Morgan fingerprint density at radius 2 is 1.70 bits per heavy atom. The number of amides is 1. The molecule has 2 rings (SSSR count). The Labute approximate surface area is 183 Å². The first kappa shape index (κ1) is 24.2. The summed E-state index contributed by atoms with van der Waals surface area (Å²) >= 11 is 5.92. The Morgan fingerprint density at radius 3 is 2.23 bits per heavy atom. The van der Waals surface area contributed by atoms with Crippen LogP contribution in [0.5, 0.6) is 0 Å². The first-order valence-corrected chi connectivity index (χ1v) is 10.9. The Bertz CT molecular complexity index is 735. The van der Waals surface area contributed by atoms with Gasteiger partial charge in [0.2, 0.25) is 5.91 Å². The van der Waals surface area contributed by atoms with Crippen molar-refractivity contribution >= 4 is 29.4 Å². The van der Waals surface area contributed by atoms with Gasteiger partial charge in [0.25, 0.3) is 0 Å². The maximum Gasteiger partial charge on any atom is 0.321 e. The number of carboxylic acids is 1. The number of piperidine rings is 1. The highest BCUT2D eigenvalue weighted by atomic mass is 35.5. The van der Waals surface area contributed by atoms with Gasteiger partial charge >= 0.3 is 11.9 Å². The zero-order chi connectivity index (χ0) is 22.3. The lowest BCUT2D eigenvalue weighted by molar-refractivity contribution is -0.173. The van der Waals surface area contributed by atoms with Gasteiger partial charge in [-0.2, -0.15) is 0 Å². The lowest BCUT2D eigenvalue weighted by Crippen LogP contribution is -2.47. The molecular formula is C23H32ClNO5. The predicted octanol–water partition coefficient (Wildman–Crippen LogP) is 4.33. The van der Waals surface area contributed by atoms with Gasteiger partial charge in [-0.05, 0) is 77.0 Å². The summed E-state index contributed by atoms with van der Waals surface area (Å²) in [6.07, 6.45) is 4.40. The summed E-state index contributed by atoms with van der Waals surface area (Å²) in [4.78, 5) is 39.7. The zero-order valence-corrected chi connectivity index (χ0v) is 18.8. The lowest BCUT2D eigenvalue weighted by atomic mass is 9.85. The number of aliphatic carboxylic acids is 1. The van der Waals surface area contributed by atoms with Crippen molar-refractivity contribution in [3.05, 3.63) is 34.9 Å². The third-order valence-corrected chi connectivity index (χ3v) is 5.46. The molecule has 1 aliphatic rings. The SMILES string of the molecule is CC(C)(C)OC(=O)C(C(=O)O)C(CCCc1ccc(Cl)cc1)C(=O)N1CCCCC1. The highest BCUT2D eigenvalue weighted by Crippen LogP contribution is 2.27. The van der Waals surface area contributed by atoms with E-state index in [-0.39, 0.29) is 5.91 Å². The summed E-state index contributed by atoms with van der Waals surface area (Å²) in [7, 11) is 0. The minimum Gasteiger partial charge on any atom is -0.481 e. The number of carbonyl (C=O) groups is 3. The van der Waals surface area contributed by atoms with Crippen LogP contribution in [0.3, 0.4) is 0 Å². The van der Waals surface area contributed by atoms with E-state index < -0.39 is 29.4 Å². The van der Waals surface area contributed by atoms with E-state index in [1.807, 2.05) is 12.1 Å². The van der Waals surface area contributed by atoms with E-state index in [0.717, 1.165) is 24.8 Å².